The number of benzene rings is 1. The monoisotopic (exact) mass is 234 g/mol. The van der Waals surface area contributed by atoms with Gasteiger partial charge in [-0.05, 0) is 31.5 Å². The third-order valence-corrected chi connectivity index (χ3v) is 3.19. The molecule has 1 heterocycles. The number of aryl methyl sites for hydroxylation is 1. The van der Waals surface area contributed by atoms with E-state index >= 15 is 0 Å². The number of hydrogen-bond donors (Lipinski definition) is 2. The third kappa shape index (κ3) is 2.26. The highest BCUT2D eigenvalue weighted by molar-refractivity contribution is 5.97. The van der Waals surface area contributed by atoms with Gasteiger partial charge in [0, 0.05) is 19.6 Å². The fraction of sp³-hybridized carbons (Fsp3) is 0.462. The van der Waals surface area contributed by atoms with Crippen LogP contribution in [0.1, 0.15) is 22.8 Å². The summed E-state index contributed by atoms with van der Waals surface area (Å²) >= 11 is 0. The average Bonchev–Trinajstić information content (AvgIpc) is 2.22. The molecule has 92 valence electrons. The quantitative estimate of drug-likeness (QED) is 0.824. The van der Waals surface area contributed by atoms with E-state index in [1.54, 1.807) is 17.0 Å². The Morgan fingerprint density at radius 1 is 1.53 bits per heavy atom. The Morgan fingerprint density at radius 3 is 2.71 bits per heavy atom. The molecule has 17 heavy (non-hydrogen) atoms. The molecule has 2 N–H and O–H groups in total. The topological polar surface area (TPSA) is 52.6 Å². The fourth-order valence-electron chi connectivity index (χ4n) is 2.04. The molecule has 0 atom stereocenters. The second-order valence-electron chi connectivity index (χ2n) is 4.42. The number of likely N-dealkylation sites (N-methyl/N-ethyl adjacent to an activating group) is 1. The smallest absolute Gasteiger partial charge is 0.257 e. The molecule has 1 aliphatic rings. The molecular weight excluding hydrogens is 216 g/mol. The molecule has 0 saturated carbocycles. The van der Waals surface area contributed by atoms with Gasteiger partial charge in [-0.25, -0.2) is 0 Å². The van der Waals surface area contributed by atoms with Gasteiger partial charge in [-0.1, -0.05) is 6.07 Å². The highest BCUT2D eigenvalue weighted by Gasteiger charge is 2.28. The maximum absolute atomic E-state index is 12.3. The Kier molecular flexibility index (Phi) is 3.33. The molecular formula is C13H18N2O2. The van der Waals surface area contributed by atoms with Crippen LogP contribution in [-0.2, 0) is 0 Å². The second-order valence-corrected chi connectivity index (χ2v) is 4.42. The zero-order chi connectivity index (χ0) is 12.4. The summed E-state index contributed by atoms with van der Waals surface area (Å²) in [6.45, 7) is 6.19. The Labute approximate surface area is 101 Å². The van der Waals surface area contributed by atoms with Gasteiger partial charge in [-0.3, -0.25) is 4.79 Å². The van der Waals surface area contributed by atoms with Crippen LogP contribution in [0.4, 0.5) is 0 Å². The lowest BCUT2D eigenvalue weighted by atomic mass is 10.1. The normalized spacial score (nSPS) is 15.4. The number of aromatic hydroxyl groups is 1. The van der Waals surface area contributed by atoms with E-state index < -0.39 is 0 Å². The van der Waals surface area contributed by atoms with Crippen molar-refractivity contribution in [3.05, 3.63) is 29.3 Å². The molecule has 1 aliphatic heterocycles. The Morgan fingerprint density at radius 2 is 2.24 bits per heavy atom. The Hall–Kier alpha value is -1.55. The Balaban J connectivity index is 2.22. The van der Waals surface area contributed by atoms with Gasteiger partial charge in [0.25, 0.3) is 5.91 Å². The first-order valence-corrected chi connectivity index (χ1v) is 5.94. The predicted octanol–water partition coefficient (Wildman–Crippen LogP) is 1.13. The molecule has 0 radical (unpaired) electrons. The van der Waals surface area contributed by atoms with Crippen molar-refractivity contribution < 1.29 is 9.90 Å². The number of rotatable bonds is 3. The first kappa shape index (κ1) is 11.9. The highest BCUT2D eigenvalue weighted by Crippen LogP contribution is 2.21. The first-order valence-electron chi connectivity index (χ1n) is 5.94. The molecule has 1 amide bonds. The van der Waals surface area contributed by atoms with Crippen molar-refractivity contribution in [2.24, 2.45) is 0 Å². The van der Waals surface area contributed by atoms with Crippen LogP contribution < -0.4 is 5.32 Å². The zero-order valence-corrected chi connectivity index (χ0v) is 10.2. The third-order valence-electron chi connectivity index (χ3n) is 3.19. The summed E-state index contributed by atoms with van der Waals surface area (Å²) in [6.07, 6.45) is 0. The number of phenols is 1. The summed E-state index contributed by atoms with van der Waals surface area (Å²) in [5, 5.41) is 13.0. The van der Waals surface area contributed by atoms with Crippen molar-refractivity contribution in [1.82, 2.24) is 10.2 Å². The zero-order valence-electron chi connectivity index (χ0n) is 10.2. The van der Waals surface area contributed by atoms with E-state index in [1.807, 2.05) is 19.9 Å². The number of amides is 1. The average molecular weight is 234 g/mol. The molecule has 0 bridgehead atoms. The van der Waals surface area contributed by atoms with Crippen LogP contribution in [0.3, 0.4) is 0 Å². The Bertz CT molecular complexity index is 427. The van der Waals surface area contributed by atoms with E-state index in [4.69, 9.17) is 0 Å². The van der Waals surface area contributed by atoms with Crippen molar-refractivity contribution in [2.75, 3.05) is 19.6 Å². The van der Waals surface area contributed by atoms with Gasteiger partial charge in [-0.2, -0.15) is 0 Å². The number of carbonyl (C=O) groups excluding carboxylic acids is 1. The van der Waals surface area contributed by atoms with Crippen molar-refractivity contribution in [2.45, 2.75) is 19.9 Å². The molecule has 1 aromatic rings. The molecule has 1 fully saturated rings. The maximum Gasteiger partial charge on any atom is 0.257 e. The van der Waals surface area contributed by atoms with E-state index in [-0.39, 0.29) is 17.7 Å². The minimum atomic E-state index is -0.0866. The van der Waals surface area contributed by atoms with Crippen LogP contribution in [0.2, 0.25) is 0 Å². The van der Waals surface area contributed by atoms with Gasteiger partial charge >= 0.3 is 0 Å². The van der Waals surface area contributed by atoms with Crippen molar-refractivity contribution in [1.29, 1.82) is 0 Å². The van der Waals surface area contributed by atoms with E-state index in [9.17, 15) is 9.90 Å². The minimum Gasteiger partial charge on any atom is -0.507 e. The molecule has 0 spiro atoms. The van der Waals surface area contributed by atoms with Crippen molar-refractivity contribution in [3.8, 4) is 5.75 Å². The summed E-state index contributed by atoms with van der Waals surface area (Å²) in [7, 11) is 0. The van der Waals surface area contributed by atoms with Crippen LogP contribution in [0.15, 0.2) is 18.2 Å². The first-order chi connectivity index (χ1) is 8.13. The van der Waals surface area contributed by atoms with Gasteiger partial charge in [-0.15, -0.1) is 0 Å². The van der Waals surface area contributed by atoms with Gasteiger partial charge in [0.1, 0.15) is 5.75 Å². The van der Waals surface area contributed by atoms with E-state index in [0.29, 0.717) is 12.1 Å². The molecule has 4 heteroatoms. The van der Waals surface area contributed by atoms with Crippen LogP contribution in [-0.4, -0.2) is 41.6 Å². The molecule has 0 aromatic heterocycles. The molecule has 0 aliphatic carbocycles. The fourth-order valence-corrected chi connectivity index (χ4v) is 2.04. The van der Waals surface area contributed by atoms with Gasteiger partial charge < -0.3 is 15.3 Å². The summed E-state index contributed by atoms with van der Waals surface area (Å²) in [5.74, 6) is -0.0165. The van der Waals surface area contributed by atoms with E-state index in [2.05, 4.69) is 5.32 Å². The van der Waals surface area contributed by atoms with E-state index in [1.165, 1.54) is 0 Å². The van der Waals surface area contributed by atoms with Crippen LogP contribution >= 0.6 is 0 Å². The predicted molar refractivity (Wildman–Crippen MR) is 66.2 cm³/mol. The molecule has 1 aromatic carbocycles. The molecule has 1 saturated heterocycles. The van der Waals surface area contributed by atoms with Crippen LogP contribution in [0.5, 0.6) is 5.75 Å². The lowest BCUT2D eigenvalue weighted by Gasteiger charge is -2.37. The molecule has 4 nitrogen and oxygen atoms in total. The minimum absolute atomic E-state index is 0.0701. The number of carbonyl (C=O) groups is 1. The lowest BCUT2D eigenvalue weighted by Crippen LogP contribution is -2.58. The van der Waals surface area contributed by atoms with Gasteiger partial charge in [0.15, 0.2) is 0 Å². The van der Waals surface area contributed by atoms with Crippen molar-refractivity contribution >= 4 is 5.91 Å². The largest absolute Gasteiger partial charge is 0.507 e. The standard InChI is InChI=1S/C13H18N2O2/c1-3-15(10-7-14-8-10)13(17)11-5-4-9(2)6-12(11)16/h4-6,10,14,16H,3,7-8H2,1-2H3. The van der Waals surface area contributed by atoms with E-state index in [0.717, 1.165) is 18.7 Å². The summed E-state index contributed by atoms with van der Waals surface area (Å²) in [6, 6.07) is 5.43. The van der Waals surface area contributed by atoms with Gasteiger partial charge in [0.05, 0.1) is 11.6 Å². The van der Waals surface area contributed by atoms with Crippen molar-refractivity contribution in [3.63, 3.8) is 0 Å². The summed E-state index contributed by atoms with van der Waals surface area (Å²) in [5.41, 5.74) is 1.34. The second kappa shape index (κ2) is 4.75. The highest BCUT2D eigenvalue weighted by atomic mass is 16.3. The number of phenolic OH excluding ortho intramolecular Hbond substituents is 1. The number of hydrogen-bond acceptors (Lipinski definition) is 3. The van der Waals surface area contributed by atoms with Crippen LogP contribution in [0.25, 0.3) is 0 Å². The number of nitrogens with zero attached hydrogens (tertiary/aromatic N) is 1. The maximum atomic E-state index is 12.3. The number of nitrogens with one attached hydrogen (secondary N) is 1. The van der Waals surface area contributed by atoms with Gasteiger partial charge in [0.2, 0.25) is 0 Å². The summed E-state index contributed by atoms with van der Waals surface area (Å²) < 4.78 is 0. The molecule has 2 rings (SSSR count). The SMILES string of the molecule is CCN(C(=O)c1ccc(C)cc1O)C1CNC1. The summed E-state index contributed by atoms with van der Waals surface area (Å²) in [4.78, 5) is 14.1. The van der Waals surface area contributed by atoms with Crippen LogP contribution in [0, 0.1) is 6.92 Å². The lowest BCUT2D eigenvalue weighted by molar-refractivity contribution is 0.0627. The molecule has 0 unspecified atom stereocenters.